The number of rotatable bonds is 14. The molecule has 2 heterocycles. The van der Waals surface area contributed by atoms with Gasteiger partial charge in [0.25, 0.3) is 0 Å². The molecule has 1 saturated heterocycles. The molecule has 10 heteroatoms. The second-order valence-electron chi connectivity index (χ2n) is 12.4. The molecule has 0 amide bonds. The summed E-state index contributed by atoms with van der Waals surface area (Å²) in [6.07, 6.45) is -2.29. The zero-order valence-electron chi connectivity index (χ0n) is 27.1. The van der Waals surface area contributed by atoms with Gasteiger partial charge in [-0.1, -0.05) is 126 Å². The topological polar surface area (TPSA) is 75.6 Å². The van der Waals surface area contributed by atoms with E-state index < -0.39 is 38.2 Å². The molecule has 0 N–H and O–H groups in total. The van der Waals surface area contributed by atoms with Gasteiger partial charge in [-0.05, 0) is 27.8 Å². The SMILES string of the molecule is CC(=O)O[C@@H]1[C@@H](OCc2ccccc2)[C@H](OCc2ccccc2)[C@@H](CO[Si](C(C)C)(C(C)C)C(C)C)O[C@H]1SC1=NCCS1. The predicted molar refractivity (Wildman–Crippen MR) is 184 cm³/mol. The molecule has 0 aromatic heterocycles. The minimum absolute atomic E-state index is 0.345. The summed E-state index contributed by atoms with van der Waals surface area (Å²) in [4.78, 5) is 17.2. The van der Waals surface area contributed by atoms with Crippen LogP contribution in [0.25, 0.3) is 0 Å². The van der Waals surface area contributed by atoms with Crippen LogP contribution in [0.5, 0.6) is 0 Å². The van der Waals surface area contributed by atoms with E-state index in [4.69, 9.17) is 23.4 Å². The van der Waals surface area contributed by atoms with Gasteiger partial charge in [-0.2, -0.15) is 0 Å². The number of thioether (sulfide) groups is 2. The Bertz CT molecular complexity index is 1180. The maximum Gasteiger partial charge on any atom is 0.303 e. The van der Waals surface area contributed by atoms with Gasteiger partial charge < -0.3 is 23.4 Å². The first-order valence-corrected chi connectivity index (χ1v) is 19.7. The summed E-state index contributed by atoms with van der Waals surface area (Å²) in [5, 5.41) is 0. The number of hydrogen-bond acceptors (Lipinski definition) is 9. The third kappa shape index (κ3) is 8.99. The van der Waals surface area contributed by atoms with Crippen LogP contribution >= 0.6 is 23.5 Å². The fourth-order valence-corrected chi connectivity index (χ4v) is 14.3. The summed E-state index contributed by atoms with van der Waals surface area (Å²) in [5.74, 6) is 0.544. The van der Waals surface area contributed by atoms with Gasteiger partial charge in [0.15, 0.2) is 14.4 Å². The lowest BCUT2D eigenvalue weighted by Gasteiger charge is -2.48. The van der Waals surface area contributed by atoms with Crippen LogP contribution in [-0.4, -0.2) is 67.4 Å². The normalized spacial score (nSPS) is 24.2. The van der Waals surface area contributed by atoms with Gasteiger partial charge in [0, 0.05) is 12.7 Å². The second-order valence-corrected chi connectivity index (χ2v) is 20.3. The summed E-state index contributed by atoms with van der Waals surface area (Å²) >= 11 is 3.21. The van der Waals surface area contributed by atoms with Crippen molar-refractivity contribution in [1.29, 1.82) is 0 Å². The molecule has 0 radical (unpaired) electrons. The smallest absolute Gasteiger partial charge is 0.303 e. The monoisotopic (exact) mass is 659 g/mol. The summed E-state index contributed by atoms with van der Waals surface area (Å²) in [6.45, 7) is 17.0. The highest BCUT2D eigenvalue weighted by Crippen LogP contribution is 2.44. The van der Waals surface area contributed by atoms with Crippen molar-refractivity contribution in [3.8, 4) is 0 Å². The molecule has 0 unspecified atom stereocenters. The van der Waals surface area contributed by atoms with Gasteiger partial charge in [0.1, 0.15) is 28.1 Å². The maximum atomic E-state index is 12.5. The number of benzene rings is 2. The minimum Gasteiger partial charge on any atom is -0.456 e. The van der Waals surface area contributed by atoms with Crippen LogP contribution in [0.2, 0.25) is 16.6 Å². The predicted octanol–water partition coefficient (Wildman–Crippen LogP) is 7.84. The first kappa shape index (κ1) is 35.2. The van der Waals surface area contributed by atoms with Gasteiger partial charge in [-0.15, -0.1) is 0 Å². The molecule has 5 atom stereocenters. The lowest BCUT2D eigenvalue weighted by Crippen LogP contribution is -2.62. The van der Waals surface area contributed by atoms with E-state index in [1.165, 1.54) is 18.7 Å². The number of carbonyl (C=O) groups is 1. The van der Waals surface area contributed by atoms with Crippen LogP contribution in [0.15, 0.2) is 65.7 Å². The van der Waals surface area contributed by atoms with E-state index in [1.54, 1.807) is 11.8 Å². The second kappa shape index (κ2) is 16.8. The van der Waals surface area contributed by atoms with Crippen LogP contribution in [0.4, 0.5) is 0 Å². The third-order valence-electron chi connectivity index (χ3n) is 8.44. The van der Waals surface area contributed by atoms with Crippen molar-refractivity contribution >= 4 is 42.2 Å². The average molecular weight is 660 g/mol. The van der Waals surface area contributed by atoms with Crippen molar-refractivity contribution in [2.24, 2.45) is 4.99 Å². The molecular formula is C34H49NO6S2Si. The Morgan fingerprint density at radius 3 is 1.91 bits per heavy atom. The largest absolute Gasteiger partial charge is 0.456 e. The van der Waals surface area contributed by atoms with E-state index in [0.717, 1.165) is 27.8 Å². The molecule has 0 spiro atoms. The molecule has 1 fully saturated rings. The summed E-state index contributed by atoms with van der Waals surface area (Å²) in [7, 11) is -2.22. The lowest BCUT2D eigenvalue weighted by atomic mass is 9.99. The Hall–Kier alpha value is -1.66. The lowest BCUT2D eigenvalue weighted by molar-refractivity contribution is -0.245. The summed E-state index contributed by atoms with van der Waals surface area (Å²) in [5.41, 5.74) is 2.80. The van der Waals surface area contributed by atoms with Gasteiger partial charge in [-0.3, -0.25) is 9.79 Å². The summed E-state index contributed by atoms with van der Waals surface area (Å²) in [6, 6.07) is 20.1. The first-order valence-electron chi connectivity index (χ1n) is 15.7. The highest BCUT2D eigenvalue weighted by atomic mass is 32.2. The van der Waals surface area contributed by atoms with Gasteiger partial charge >= 0.3 is 5.97 Å². The highest BCUT2D eigenvalue weighted by molar-refractivity contribution is 8.39. The maximum absolute atomic E-state index is 12.5. The average Bonchev–Trinajstić information content (AvgIpc) is 3.50. The molecule has 44 heavy (non-hydrogen) atoms. The van der Waals surface area contributed by atoms with E-state index in [2.05, 4.69) is 46.5 Å². The highest BCUT2D eigenvalue weighted by Gasteiger charge is 2.52. The molecule has 0 bridgehead atoms. The number of esters is 1. The van der Waals surface area contributed by atoms with Crippen molar-refractivity contribution in [1.82, 2.24) is 0 Å². The van der Waals surface area contributed by atoms with Crippen molar-refractivity contribution in [3.05, 3.63) is 71.8 Å². The Morgan fingerprint density at radius 2 is 1.43 bits per heavy atom. The molecule has 2 aliphatic rings. The zero-order valence-corrected chi connectivity index (χ0v) is 29.8. The van der Waals surface area contributed by atoms with Crippen LogP contribution in [0.1, 0.15) is 59.6 Å². The quantitative estimate of drug-likeness (QED) is 0.150. The van der Waals surface area contributed by atoms with Gasteiger partial charge in [0.2, 0.25) is 0 Å². The van der Waals surface area contributed by atoms with E-state index in [0.29, 0.717) is 36.4 Å². The van der Waals surface area contributed by atoms with Gasteiger partial charge in [0.05, 0.1) is 26.4 Å². The fourth-order valence-electron chi connectivity index (χ4n) is 6.56. The molecular weight excluding hydrogens is 611 g/mol. The fraction of sp³-hybridized carbons (Fsp3) is 0.588. The molecule has 0 saturated carbocycles. The van der Waals surface area contributed by atoms with Crippen molar-refractivity contribution in [2.45, 2.75) is 108 Å². The van der Waals surface area contributed by atoms with Crippen LogP contribution < -0.4 is 0 Å². The van der Waals surface area contributed by atoms with Gasteiger partial charge in [-0.25, -0.2) is 0 Å². The number of carbonyl (C=O) groups excluding carboxylic acids is 1. The minimum atomic E-state index is -2.22. The number of ether oxygens (including phenoxy) is 4. The Balaban J connectivity index is 1.71. The molecule has 2 aliphatic heterocycles. The Morgan fingerprint density at radius 1 is 0.886 bits per heavy atom. The molecule has 2 aromatic carbocycles. The molecule has 242 valence electrons. The van der Waals surface area contributed by atoms with E-state index in [1.807, 2.05) is 60.7 Å². The first-order chi connectivity index (χ1) is 21.1. The van der Waals surface area contributed by atoms with Crippen LogP contribution in [0.3, 0.4) is 0 Å². The zero-order chi connectivity index (χ0) is 31.7. The molecule has 0 aliphatic carbocycles. The Labute approximate surface area is 273 Å². The summed E-state index contributed by atoms with van der Waals surface area (Å²) < 4.78 is 34.3. The van der Waals surface area contributed by atoms with Crippen molar-refractivity contribution < 1.29 is 28.2 Å². The molecule has 4 rings (SSSR count). The van der Waals surface area contributed by atoms with Crippen LogP contribution in [0, 0.1) is 0 Å². The van der Waals surface area contributed by atoms with Crippen LogP contribution in [-0.2, 0) is 41.4 Å². The molecule has 2 aromatic rings. The number of hydrogen-bond donors (Lipinski definition) is 0. The molecule has 7 nitrogen and oxygen atoms in total. The number of nitrogens with zero attached hydrogens (tertiary/aromatic N) is 1. The van der Waals surface area contributed by atoms with E-state index in [9.17, 15) is 4.79 Å². The number of aliphatic imine (C=N–C) groups is 1. The third-order valence-corrected chi connectivity index (χ3v) is 16.9. The van der Waals surface area contributed by atoms with E-state index in [-0.39, 0.29) is 5.97 Å². The van der Waals surface area contributed by atoms with Crippen molar-refractivity contribution in [3.63, 3.8) is 0 Å². The Kier molecular flexibility index (Phi) is 13.4. The van der Waals surface area contributed by atoms with E-state index >= 15 is 0 Å². The standard InChI is InChI=1S/C34H49NO6S2Si/c1-23(2)44(24(3)4,25(5)6)39-22-29-30(37-20-27-14-10-8-11-15-27)31(38-21-28-16-12-9-13-17-28)32(40-26(7)36)33(41-29)43-34-35-18-19-42-34/h8-17,23-25,29-33H,18-22H2,1-7H3/t29-,30-,31+,32-,33+/m1/s1. The van der Waals surface area contributed by atoms with Crippen molar-refractivity contribution in [2.75, 3.05) is 18.9 Å².